The van der Waals surface area contributed by atoms with E-state index >= 15 is 0 Å². The Morgan fingerprint density at radius 3 is 2.54 bits per heavy atom. The highest BCUT2D eigenvalue weighted by atomic mass is 35.5. The third kappa shape index (κ3) is 6.06. The van der Waals surface area contributed by atoms with Crippen molar-refractivity contribution in [2.24, 2.45) is 0 Å². The normalized spacial score (nSPS) is 10.8. The molecule has 4 nitrogen and oxygen atoms in total. The smallest absolute Gasteiger partial charge is 0.191 e. The van der Waals surface area contributed by atoms with Gasteiger partial charge in [-0.3, -0.25) is 0 Å². The zero-order chi connectivity index (χ0) is 19.8. The number of hydrogen-bond donors (Lipinski definition) is 0. The molecule has 0 aliphatic heterocycles. The molecule has 0 spiro atoms. The molecule has 3 aromatic rings. The summed E-state index contributed by atoms with van der Waals surface area (Å²) in [6, 6.07) is 15.9. The fraction of sp³-hybridized carbons (Fsp3) is 0.238. The summed E-state index contributed by atoms with van der Waals surface area (Å²) in [6.45, 7) is 7.23. The Bertz CT molecular complexity index is 895. The van der Waals surface area contributed by atoms with Gasteiger partial charge in [-0.2, -0.15) is 0 Å². The van der Waals surface area contributed by atoms with E-state index in [1.54, 1.807) is 23.5 Å². The monoisotopic (exact) mass is 431 g/mol. The Morgan fingerprint density at radius 2 is 1.82 bits per heavy atom. The van der Waals surface area contributed by atoms with Gasteiger partial charge >= 0.3 is 0 Å². The van der Waals surface area contributed by atoms with Crippen molar-refractivity contribution in [2.45, 2.75) is 29.3 Å². The molecule has 0 saturated heterocycles. The number of hydrogen-bond acceptors (Lipinski definition) is 5. The van der Waals surface area contributed by atoms with Gasteiger partial charge in [0.25, 0.3) is 0 Å². The minimum absolute atomic E-state index is 0.584. The van der Waals surface area contributed by atoms with Crippen LogP contribution in [0.15, 0.2) is 71.2 Å². The summed E-state index contributed by atoms with van der Waals surface area (Å²) < 4.78 is 7.86. The van der Waals surface area contributed by atoms with Gasteiger partial charge in [0, 0.05) is 22.2 Å². The number of ether oxygens (including phenoxy) is 1. The van der Waals surface area contributed by atoms with Crippen LogP contribution in [-0.2, 0) is 12.3 Å². The van der Waals surface area contributed by atoms with Crippen LogP contribution in [0.25, 0.3) is 0 Å². The molecule has 0 N–H and O–H groups in total. The molecule has 0 saturated carbocycles. The van der Waals surface area contributed by atoms with Crippen molar-refractivity contribution >= 4 is 35.1 Å². The van der Waals surface area contributed by atoms with Crippen LogP contribution in [0, 0.1) is 6.92 Å². The van der Waals surface area contributed by atoms with E-state index in [0.717, 1.165) is 28.2 Å². The van der Waals surface area contributed by atoms with Crippen molar-refractivity contribution in [1.29, 1.82) is 0 Å². The number of halogens is 1. The maximum atomic E-state index is 5.89. The Hall–Kier alpha value is -1.89. The highest BCUT2D eigenvalue weighted by Crippen LogP contribution is 2.25. The SMILES string of the molecule is C=CCn1c(CSc2ccc(C)cc2)nnc1SCCOc1ccc(Cl)cc1. The number of aryl methyl sites for hydroxylation is 1. The van der Waals surface area contributed by atoms with Gasteiger partial charge in [0.05, 0.1) is 12.4 Å². The van der Waals surface area contributed by atoms with Gasteiger partial charge in [-0.1, -0.05) is 47.1 Å². The molecule has 3 rings (SSSR count). The van der Waals surface area contributed by atoms with E-state index in [9.17, 15) is 0 Å². The summed E-state index contributed by atoms with van der Waals surface area (Å²) in [4.78, 5) is 1.23. The van der Waals surface area contributed by atoms with Crippen LogP contribution in [0.2, 0.25) is 5.02 Å². The van der Waals surface area contributed by atoms with Gasteiger partial charge < -0.3 is 9.30 Å². The fourth-order valence-electron chi connectivity index (χ4n) is 2.45. The molecule has 7 heteroatoms. The second-order valence-corrected chi connectivity index (χ2v) is 8.60. The summed E-state index contributed by atoms with van der Waals surface area (Å²) in [5, 5.41) is 10.3. The number of benzene rings is 2. The molecule has 1 aromatic heterocycles. The molecule has 0 radical (unpaired) electrons. The Kier molecular flexibility index (Phi) is 7.89. The second-order valence-electron chi connectivity index (χ2n) is 6.05. The van der Waals surface area contributed by atoms with Crippen LogP contribution in [0.5, 0.6) is 5.75 Å². The van der Waals surface area contributed by atoms with Gasteiger partial charge in [0.15, 0.2) is 5.16 Å². The molecular weight excluding hydrogens is 410 g/mol. The number of nitrogens with zero attached hydrogens (tertiary/aromatic N) is 3. The largest absolute Gasteiger partial charge is 0.493 e. The molecule has 0 fully saturated rings. The van der Waals surface area contributed by atoms with Crippen LogP contribution in [0.3, 0.4) is 0 Å². The average Bonchev–Trinajstić information content (AvgIpc) is 3.08. The van der Waals surface area contributed by atoms with Crippen molar-refractivity contribution in [1.82, 2.24) is 14.8 Å². The highest BCUT2D eigenvalue weighted by Gasteiger charge is 2.12. The van der Waals surface area contributed by atoms with E-state index in [-0.39, 0.29) is 0 Å². The minimum Gasteiger partial charge on any atom is -0.493 e. The predicted octanol–water partition coefficient (Wildman–Crippen LogP) is 5.89. The Morgan fingerprint density at radius 1 is 1.07 bits per heavy atom. The molecule has 1 heterocycles. The molecule has 146 valence electrons. The van der Waals surface area contributed by atoms with Gasteiger partial charge in [0.1, 0.15) is 11.6 Å². The number of aromatic nitrogens is 3. The molecule has 0 atom stereocenters. The first-order valence-corrected chi connectivity index (χ1v) is 11.2. The first kappa shape index (κ1) is 20.8. The number of rotatable bonds is 10. The third-order valence-corrected chi connectivity index (χ3v) is 6.08. The Labute approximate surface area is 179 Å². The van der Waals surface area contributed by atoms with Crippen molar-refractivity contribution in [3.05, 3.63) is 77.6 Å². The lowest BCUT2D eigenvalue weighted by Crippen LogP contribution is -2.05. The molecule has 28 heavy (non-hydrogen) atoms. The lowest BCUT2D eigenvalue weighted by molar-refractivity contribution is 0.344. The highest BCUT2D eigenvalue weighted by molar-refractivity contribution is 7.99. The molecular formula is C21H22ClN3OS2. The fourth-order valence-corrected chi connectivity index (χ4v) is 4.20. The summed E-state index contributed by atoms with van der Waals surface area (Å²) in [7, 11) is 0. The summed E-state index contributed by atoms with van der Waals surface area (Å²) in [5.74, 6) is 3.31. The second kappa shape index (κ2) is 10.6. The minimum atomic E-state index is 0.584. The zero-order valence-electron chi connectivity index (χ0n) is 15.7. The van der Waals surface area contributed by atoms with Crippen LogP contribution >= 0.6 is 35.1 Å². The third-order valence-electron chi connectivity index (χ3n) is 3.89. The van der Waals surface area contributed by atoms with E-state index < -0.39 is 0 Å². The van der Waals surface area contributed by atoms with Crippen LogP contribution in [-0.4, -0.2) is 27.1 Å². The topological polar surface area (TPSA) is 39.9 Å². The molecule has 0 bridgehead atoms. The molecule has 0 amide bonds. The van der Waals surface area contributed by atoms with E-state index in [1.165, 1.54) is 10.5 Å². The van der Waals surface area contributed by atoms with E-state index in [4.69, 9.17) is 16.3 Å². The first-order valence-electron chi connectivity index (χ1n) is 8.89. The van der Waals surface area contributed by atoms with Crippen LogP contribution < -0.4 is 4.74 Å². The quantitative estimate of drug-likeness (QED) is 0.227. The van der Waals surface area contributed by atoms with Gasteiger partial charge in [-0.25, -0.2) is 0 Å². The molecule has 2 aromatic carbocycles. The van der Waals surface area contributed by atoms with Gasteiger partial charge in [-0.05, 0) is 43.3 Å². The number of thioether (sulfide) groups is 2. The zero-order valence-corrected chi connectivity index (χ0v) is 18.1. The predicted molar refractivity (Wildman–Crippen MR) is 119 cm³/mol. The molecule has 0 unspecified atom stereocenters. The van der Waals surface area contributed by atoms with Crippen molar-refractivity contribution < 1.29 is 4.74 Å². The lowest BCUT2D eigenvalue weighted by atomic mass is 10.2. The van der Waals surface area contributed by atoms with Crippen LogP contribution in [0.4, 0.5) is 0 Å². The maximum Gasteiger partial charge on any atom is 0.191 e. The summed E-state index contributed by atoms with van der Waals surface area (Å²) in [5.41, 5.74) is 1.26. The van der Waals surface area contributed by atoms with Gasteiger partial charge in [-0.15, -0.1) is 28.5 Å². The van der Waals surface area contributed by atoms with Crippen molar-refractivity contribution in [2.75, 3.05) is 12.4 Å². The Balaban J connectivity index is 1.54. The van der Waals surface area contributed by atoms with E-state index in [0.29, 0.717) is 18.2 Å². The lowest BCUT2D eigenvalue weighted by Gasteiger charge is -2.09. The summed E-state index contributed by atoms with van der Waals surface area (Å²) >= 11 is 9.28. The van der Waals surface area contributed by atoms with E-state index in [2.05, 4.69) is 52.5 Å². The van der Waals surface area contributed by atoms with E-state index in [1.807, 2.05) is 30.3 Å². The molecule has 0 aliphatic carbocycles. The first-order chi connectivity index (χ1) is 13.7. The van der Waals surface area contributed by atoms with Gasteiger partial charge in [0.2, 0.25) is 0 Å². The molecule has 0 aliphatic rings. The standard InChI is InChI=1S/C21H22ClN3OS2/c1-3-12-25-20(15-28-19-10-4-16(2)5-11-19)23-24-21(25)27-14-13-26-18-8-6-17(22)7-9-18/h3-11H,1,12-15H2,2H3. The van der Waals surface area contributed by atoms with Crippen molar-refractivity contribution in [3.8, 4) is 5.75 Å². The average molecular weight is 432 g/mol. The summed E-state index contributed by atoms with van der Waals surface area (Å²) in [6.07, 6.45) is 1.87. The van der Waals surface area contributed by atoms with Crippen molar-refractivity contribution in [3.63, 3.8) is 0 Å². The number of allylic oxidation sites excluding steroid dienone is 1. The maximum absolute atomic E-state index is 5.89. The van der Waals surface area contributed by atoms with Crippen LogP contribution in [0.1, 0.15) is 11.4 Å².